The van der Waals surface area contributed by atoms with Gasteiger partial charge in [0.2, 0.25) is 0 Å². The zero-order valence-corrected chi connectivity index (χ0v) is 14.1. The van der Waals surface area contributed by atoms with Crippen LogP contribution in [-0.4, -0.2) is 29.9 Å². The normalized spacial score (nSPS) is 10.2. The summed E-state index contributed by atoms with van der Waals surface area (Å²) in [7, 11) is 0. The first kappa shape index (κ1) is 17.9. The Balaban J connectivity index is 2.41. The molecule has 132 valence electrons. The molecule has 3 aromatic rings. The highest BCUT2D eigenvalue weighted by atomic mass is 16.4. The predicted molar refractivity (Wildman–Crippen MR) is 100 cm³/mol. The molecule has 0 spiro atoms. The second-order valence-electron chi connectivity index (χ2n) is 5.78. The van der Waals surface area contributed by atoms with Crippen molar-refractivity contribution in [1.29, 1.82) is 0 Å². The van der Waals surface area contributed by atoms with Crippen LogP contribution in [0, 0.1) is 0 Å². The zero-order chi connectivity index (χ0) is 19.4. The van der Waals surface area contributed by atoms with E-state index in [1.807, 2.05) is 42.5 Å². The summed E-state index contributed by atoms with van der Waals surface area (Å²) < 4.78 is 0. The maximum atomic E-state index is 11.8. The summed E-state index contributed by atoms with van der Waals surface area (Å²) >= 11 is 0. The molecule has 5 nitrogen and oxygen atoms in total. The van der Waals surface area contributed by atoms with Crippen molar-refractivity contribution < 1.29 is 24.3 Å². The standard InChI is InChI=1S/C22H14O5/c23-11-19-17(10-18(22(26)27)20(12-24)21(19)13-25)16-9-5-4-8-15(16)14-6-2-1-3-7-14/h1-13H,(H,26,27). The Morgan fingerprint density at radius 2 is 1.22 bits per heavy atom. The van der Waals surface area contributed by atoms with Crippen LogP contribution in [0.25, 0.3) is 22.3 Å². The molecule has 0 aliphatic heterocycles. The Labute approximate surface area is 154 Å². The minimum atomic E-state index is -1.35. The van der Waals surface area contributed by atoms with E-state index in [-0.39, 0.29) is 34.1 Å². The fourth-order valence-electron chi connectivity index (χ4n) is 3.10. The molecule has 0 radical (unpaired) electrons. The Morgan fingerprint density at radius 1 is 0.667 bits per heavy atom. The van der Waals surface area contributed by atoms with Gasteiger partial charge in [-0.2, -0.15) is 0 Å². The average Bonchev–Trinajstić information content (AvgIpc) is 2.72. The fraction of sp³-hybridized carbons (Fsp3) is 0. The van der Waals surface area contributed by atoms with Crippen LogP contribution >= 0.6 is 0 Å². The molecule has 0 fully saturated rings. The lowest BCUT2D eigenvalue weighted by Gasteiger charge is -2.15. The number of carboxylic acids is 1. The summed E-state index contributed by atoms with van der Waals surface area (Å²) in [5.74, 6) is -1.35. The molecule has 0 aliphatic rings. The van der Waals surface area contributed by atoms with Gasteiger partial charge in [0.15, 0.2) is 18.9 Å². The van der Waals surface area contributed by atoms with Gasteiger partial charge in [0.05, 0.1) is 5.56 Å². The van der Waals surface area contributed by atoms with Crippen molar-refractivity contribution in [2.75, 3.05) is 0 Å². The van der Waals surface area contributed by atoms with Crippen LogP contribution in [-0.2, 0) is 0 Å². The lowest BCUT2D eigenvalue weighted by Crippen LogP contribution is -2.10. The smallest absolute Gasteiger partial charge is 0.336 e. The van der Waals surface area contributed by atoms with E-state index >= 15 is 0 Å². The number of carboxylic acid groups (broad SMARTS) is 1. The summed E-state index contributed by atoms with van der Waals surface area (Å²) in [6.07, 6.45) is 1.10. The Kier molecular flexibility index (Phi) is 5.04. The van der Waals surface area contributed by atoms with E-state index in [4.69, 9.17) is 0 Å². The number of aldehydes is 3. The third-order valence-corrected chi connectivity index (χ3v) is 4.34. The third-order valence-electron chi connectivity index (χ3n) is 4.34. The minimum absolute atomic E-state index is 0.0134. The van der Waals surface area contributed by atoms with Crippen molar-refractivity contribution in [2.24, 2.45) is 0 Å². The molecular weight excluding hydrogens is 344 g/mol. The highest BCUT2D eigenvalue weighted by molar-refractivity contribution is 6.10. The summed E-state index contributed by atoms with van der Waals surface area (Å²) in [6.45, 7) is 0. The Bertz CT molecular complexity index is 1050. The number of hydrogen-bond acceptors (Lipinski definition) is 4. The first-order valence-electron chi connectivity index (χ1n) is 8.07. The van der Waals surface area contributed by atoms with E-state index in [1.54, 1.807) is 12.1 Å². The minimum Gasteiger partial charge on any atom is -0.478 e. The van der Waals surface area contributed by atoms with Crippen molar-refractivity contribution in [3.05, 3.63) is 82.9 Å². The molecule has 1 N–H and O–H groups in total. The molecule has 3 rings (SSSR count). The number of carbonyl (C=O) groups is 4. The fourth-order valence-corrected chi connectivity index (χ4v) is 3.10. The van der Waals surface area contributed by atoms with Gasteiger partial charge < -0.3 is 5.11 Å². The number of aromatic carboxylic acids is 1. The molecule has 0 aliphatic carbocycles. The highest BCUT2D eigenvalue weighted by Gasteiger charge is 2.22. The van der Waals surface area contributed by atoms with E-state index < -0.39 is 5.97 Å². The summed E-state index contributed by atoms with van der Waals surface area (Å²) in [6, 6.07) is 17.8. The molecule has 3 aromatic carbocycles. The molecule has 0 heterocycles. The quantitative estimate of drug-likeness (QED) is 0.669. The van der Waals surface area contributed by atoms with Gasteiger partial charge in [-0.25, -0.2) is 4.79 Å². The molecule has 0 atom stereocenters. The molecule has 5 heteroatoms. The Morgan fingerprint density at radius 3 is 1.78 bits per heavy atom. The van der Waals surface area contributed by atoms with Crippen LogP contribution in [0.4, 0.5) is 0 Å². The lowest BCUT2D eigenvalue weighted by molar-refractivity contribution is 0.0693. The van der Waals surface area contributed by atoms with Crippen molar-refractivity contribution in [2.45, 2.75) is 0 Å². The zero-order valence-electron chi connectivity index (χ0n) is 14.1. The molecule has 0 amide bonds. The maximum Gasteiger partial charge on any atom is 0.336 e. The van der Waals surface area contributed by atoms with Crippen LogP contribution in [0.2, 0.25) is 0 Å². The number of benzene rings is 3. The second kappa shape index (κ2) is 7.58. The van der Waals surface area contributed by atoms with E-state index in [0.29, 0.717) is 18.1 Å². The molecule has 0 unspecified atom stereocenters. The van der Waals surface area contributed by atoms with E-state index in [2.05, 4.69) is 0 Å². The van der Waals surface area contributed by atoms with Crippen LogP contribution < -0.4 is 0 Å². The van der Waals surface area contributed by atoms with E-state index in [0.717, 1.165) is 11.1 Å². The summed E-state index contributed by atoms with van der Waals surface area (Å²) in [4.78, 5) is 46.3. The van der Waals surface area contributed by atoms with Crippen molar-refractivity contribution in [1.82, 2.24) is 0 Å². The van der Waals surface area contributed by atoms with E-state index in [1.165, 1.54) is 6.07 Å². The van der Waals surface area contributed by atoms with Gasteiger partial charge in [-0.15, -0.1) is 0 Å². The maximum absolute atomic E-state index is 11.8. The van der Waals surface area contributed by atoms with Gasteiger partial charge in [0, 0.05) is 16.7 Å². The predicted octanol–water partition coefficient (Wildman–Crippen LogP) is 4.16. The van der Waals surface area contributed by atoms with Gasteiger partial charge in [-0.3, -0.25) is 14.4 Å². The molecule has 0 saturated heterocycles. The summed E-state index contributed by atoms with van der Waals surface area (Å²) in [5, 5.41) is 9.47. The van der Waals surface area contributed by atoms with Gasteiger partial charge in [0.1, 0.15) is 0 Å². The first-order valence-corrected chi connectivity index (χ1v) is 8.07. The molecule has 27 heavy (non-hydrogen) atoms. The second-order valence-corrected chi connectivity index (χ2v) is 5.78. The van der Waals surface area contributed by atoms with Crippen LogP contribution in [0.1, 0.15) is 41.4 Å². The monoisotopic (exact) mass is 358 g/mol. The molecular formula is C22H14O5. The topological polar surface area (TPSA) is 88.5 Å². The van der Waals surface area contributed by atoms with Crippen molar-refractivity contribution in [3.8, 4) is 22.3 Å². The molecule has 0 aromatic heterocycles. The molecule has 0 saturated carbocycles. The van der Waals surface area contributed by atoms with Gasteiger partial charge in [-0.05, 0) is 28.3 Å². The van der Waals surface area contributed by atoms with Crippen molar-refractivity contribution in [3.63, 3.8) is 0 Å². The lowest BCUT2D eigenvalue weighted by atomic mass is 9.86. The first-order chi connectivity index (χ1) is 13.1. The van der Waals surface area contributed by atoms with Crippen LogP contribution in [0.5, 0.6) is 0 Å². The summed E-state index contributed by atoms with van der Waals surface area (Å²) in [5.41, 5.74) is 1.65. The van der Waals surface area contributed by atoms with Crippen LogP contribution in [0.15, 0.2) is 60.7 Å². The Hall–Kier alpha value is -3.86. The van der Waals surface area contributed by atoms with Gasteiger partial charge in [0.25, 0.3) is 0 Å². The largest absolute Gasteiger partial charge is 0.478 e. The number of carbonyl (C=O) groups excluding carboxylic acids is 3. The average molecular weight is 358 g/mol. The van der Waals surface area contributed by atoms with Crippen LogP contribution in [0.3, 0.4) is 0 Å². The van der Waals surface area contributed by atoms with Gasteiger partial charge in [-0.1, -0.05) is 54.6 Å². The SMILES string of the molecule is O=Cc1c(C(=O)O)cc(-c2ccccc2-c2ccccc2)c(C=O)c1C=O. The third kappa shape index (κ3) is 3.18. The molecule has 0 bridgehead atoms. The van der Waals surface area contributed by atoms with Gasteiger partial charge >= 0.3 is 5.97 Å². The van der Waals surface area contributed by atoms with Crippen molar-refractivity contribution >= 4 is 24.8 Å². The highest BCUT2D eigenvalue weighted by Crippen LogP contribution is 2.36. The number of rotatable bonds is 6. The number of hydrogen-bond donors (Lipinski definition) is 1. The van der Waals surface area contributed by atoms with E-state index in [9.17, 15) is 24.3 Å².